The van der Waals surface area contributed by atoms with Gasteiger partial charge in [0.1, 0.15) is 0 Å². The molecule has 0 bridgehead atoms. The predicted molar refractivity (Wildman–Crippen MR) is 76.2 cm³/mol. The van der Waals surface area contributed by atoms with Crippen LogP contribution in [0.15, 0.2) is 11.6 Å². The summed E-state index contributed by atoms with van der Waals surface area (Å²) < 4.78 is 0. The molecule has 0 aliphatic heterocycles. The van der Waals surface area contributed by atoms with E-state index in [1.54, 1.807) is 13.8 Å². The van der Waals surface area contributed by atoms with E-state index in [1.165, 1.54) is 5.57 Å². The van der Waals surface area contributed by atoms with E-state index in [2.05, 4.69) is 25.2 Å². The SMILES string of the molecule is CC(C)=C[C@@H]1[C@H](C(=O)NCC(C)(C)C(N)=O)C1(C)C. The number of primary amides is 1. The molecule has 0 radical (unpaired) electrons. The van der Waals surface area contributed by atoms with Crippen molar-refractivity contribution >= 4 is 11.8 Å². The molecule has 0 aromatic heterocycles. The van der Waals surface area contributed by atoms with Crippen molar-refractivity contribution in [2.75, 3.05) is 6.54 Å². The van der Waals surface area contributed by atoms with Gasteiger partial charge in [-0.1, -0.05) is 25.5 Å². The van der Waals surface area contributed by atoms with Gasteiger partial charge in [-0.05, 0) is 39.0 Å². The number of hydrogen-bond donors (Lipinski definition) is 2. The molecule has 3 N–H and O–H groups in total. The van der Waals surface area contributed by atoms with Gasteiger partial charge in [0.25, 0.3) is 0 Å². The average molecular weight is 266 g/mol. The Bertz CT molecular complexity index is 418. The fourth-order valence-electron chi connectivity index (χ4n) is 2.35. The van der Waals surface area contributed by atoms with E-state index in [-0.39, 0.29) is 29.7 Å². The Morgan fingerprint density at radius 2 is 1.84 bits per heavy atom. The molecule has 0 unspecified atom stereocenters. The fraction of sp³-hybridized carbons (Fsp3) is 0.733. The highest BCUT2D eigenvalue weighted by atomic mass is 16.2. The first-order valence-electron chi connectivity index (χ1n) is 6.73. The number of hydrogen-bond acceptors (Lipinski definition) is 2. The van der Waals surface area contributed by atoms with E-state index in [0.29, 0.717) is 0 Å². The van der Waals surface area contributed by atoms with Crippen molar-refractivity contribution in [2.45, 2.75) is 41.5 Å². The van der Waals surface area contributed by atoms with E-state index < -0.39 is 11.3 Å². The second-order valence-electron chi connectivity index (χ2n) is 7.03. The first kappa shape index (κ1) is 15.7. The Morgan fingerprint density at radius 1 is 1.32 bits per heavy atom. The van der Waals surface area contributed by atoms with E-state index in [9.17, 15) is 9.59 Å². The van der Waals surface area contributed by atoms with Crippen LogP contribution >= 0.6 is 0 Å². The maximum Gasteiger partial charge on any atom is 0.224 e. The molecule has 1 aliphatic carbocycles. The zero-order valence-electron chi connectivity index (χ0n) is 12.8. The van der Waals surface area contributed by atoms with Gasteiger partial charge in [0, 0.05) is 6.54 Å². The molecule has 1 rings (SSSR count). The molecule has 4 nitrogen and oxygen atoms in total. The van der Waals surface area contributed by atoms with Crippen LogP contribution in [0.1, 0.15) is 41.5 Å². The van der Waals surface area contributed by atoms with E-state index in [4.69, 9.17) is 5.73 Å². The summed E-state index contributed by atoms with van der Waals surface area (Å²) in [6, 6.07) is 0. The van der Waals surface area contributed by atoms with Crippen LogP contribution in [0, 0.1) is 22.7 Å². The van der Waals surface area contributed by atoms with Crippen molar-refractivity contribution in [2.24, 2.45) is 28.4 Å². The van der Waals surface area contributed by atoms with Crippen molar-refractivity contribution in [3.8, 4) is 0 Å². The number of amides is 2. The molecule has 0 saturated heterocycles. The lowest BCUT2D eigenvalue weighted by Gasteiger charge is -2.20. The van der Waals surface area contributed by atoms with Crippen LogP contribution in [0.25, 0.3) is 0 Å². The lowest BCUT2D eigenvalue weighted by molar-refractivity contribution is -0.127. The molecule has 0 heterocycles. The Labute approximate surface area is 115 Å². The minimum Gasteiger partial charge on any atom is -0.369 e. The van der Waals surface area contributed by atoms with Crippen molar-refractivity contribution < 1.29 is 9.59 Å². The summed E-state index contributed by atoms with van der Waals surface area (Å²) in [4.78, 5) is 23.4. The highest BCUT2D eigenvalue weighted by Crippen LogP contribution is 2.59. The normalized spacial score (nSPS) is 24.5. The van der Waals surface area contributed by atoms with Crippen LogP contribution in [0.2, 0.25) is 0 Å². The highest BCUT2D eigenvalue weighted by molar-refractivity contribution is 5.85. The maximum atomic E-state index is 12.2. The summed E-state index contributed by atoms with van der Waals surface area (Å²) in [5.41, 5.74) is 5.81. The monoisotopic (exact) mass is 266 g/mol. The van der Waals surface area contributed by atoms with E-state index in [0.717, 1.165) is 0 Å². The quantitative estimate of drug-likeness (QED) is 0.745. The largest absolute Gasteiger partial charge is 0.369 e. The second-order valence-corrected chi connectivity index (χ2v) is 7.03. The summed E-state index contributed by atoms with van der Waals surface area (Å²) in [7, 11) is 0. The Kier molecular flexibility index (Phi) is 4.13. The second kappa shape index (κ2) is 4.99. The van der Waals surface area contributed by atoms with Gasteiger partial charge < -0.3 is 11.1 Å². The molecule has 0 spiro atoms. The van der Waals surface area contributed by atoms with Gasteiger partial charge in [0.15, 0.2) is 0 Å². The molecule has 0 aromatic carbocycles. The molecule has 108 valence electrons. The first-order valence-corrected chi connectivity index (χ1v) is 6.73. The van der Waals surface area contributed by atoms with Gasteiger partial charge in [-0.3, -0.25) is 9.59 Å². The average Bonchev–Trinajstić information content (AvgIpc) is 2.76. The van der Waals surface area contributed by atoms with Crippen LogP contribution in [0.4, 0.5) is 0 Å². The Morgan fingerprint density at radius 3 is 2.26 bits per heavy atom. The van der Waals surface area contributed by atoms with Gasteiger partial charge in [-0.25, -0.2) is 0 Å². The molecule has 1 fully saturated rings. The zero-order chi connectivity index (χ0) is 15.0. The number of nitrogens with two attached hydrogens (primary N) is 1. The molecular weight excluding hydrogens is 240 g/mol. The Balaban J connectivity index is 2.62. The van der Waals surface area contributed by atoms with Crippen LogP contribution in [0.5, 0.6) is 0 Å². The third kappa shape index (κ3) is 3.37. The maximum absolute atomic E-state index is 12.2. The molecule has 19 heavy (non-hydrogen) atoms. The highest BCUT2D eigenvalue weighted by Gasteiger charge is 2.60. The number of nitrogens with one attached hydrogen (secondary N) is 1. The minimum absolute atomic E-state index is 0.00177. The molecule has 2 atom stereocenters. The van der Waals surface area contributed by atoms with Crippen LogP contribution in [0.3, 0.4) is 0 Å². The molecule has 4 heteroatoms. The number of carbonyl (C=O) groups is 2. The zero-order valence-corrected chi connectivity index (χ0v) is 12.8. The first-order chi connectivity index (χ1) is 8.50. The molecule has 1 aliphatic rings. The third-order valence-corrected chi connectivity index (χ3v) is 4.08. The number of carbonyl (C=O) groups excluding carboxylic acids is 2. The smallest absolute Gasteiger partial charge is 0.224 e. The molecule has 2 amide bonds. The topological polar surface area (TPSA) is 72.2 Å². The van der Waals surface area contributed by atoms with Gasteiger partial charge in [0.05, 0.1) is 11.3 Å². The van der Waals surface area contributed by atoms with Gasteiger partial charge in [-0.15, -0.1) is 0 Å². The molecular formula is C15H26N2O2. The van der Waals surface area contributed by atoms with Crippen molar-refractivity contribution in [3.63, 3.8) is 0 Å². The lowest BCUT2D eigenvalue weighted by Crippen LogP contribution is -2.43. The van der Waals surface area contributed by atoms with Crippen molar-refractivity contribution in [1.82, 2.24) is 5.32 Å². The van der Waals surface area contributed by atoms with Crippen molar-refractivity contribution in [1.29, 1.82) is 0 Å². The van der Waals surface area contributed by atoms with Gasteiger partial charge in [0.2, 0.25) is 11.8 Å². The third-order valence-electron chi connectivity index (χ3n) is 4.08. The van der Waals surface area contributed by atoms with Gasteiger partial charge in [-0.2, -0.15) is 0 Å². The summed E-state index contributed by atoms with van der Waals surface area (Å²) in [6.45, 7) is 12.0. The van der Waals surface area contributed by atoms with Crippen LogP contribution in [-0.4, -0.2) is 18.4 Å². The minimum atomic E-state index is -0.708. The van der Waals surface area contributed by atoms with Gasteiger partial charge >= 0.3 is 0 Å². The summed E-state index contributed by atoms with van der Waals surface area (Å²) in [6.07, 6.45) is 2.16. The van der Waals surface area contributed by atoms with Crippen molar-refractivity contribution in [3.05, 3.63) is 11.6 Å². The number of rotatable bonds is 5. The number of allylic oxidation sites excluding steroid dienone is 2. The summed E-state index contributed by atoms with van der Waals surface area (Å²) in [5, 5.41) is 2.86. The van der Waals surface area contributed by atoms with E-state index >= 15 is 0 Å². The lowest BCUT2D eigenvalue weighted by atomic mass is 9.92. The Hall–Kier alpha value is -1.32. The summed E-state index contributed by atoms with van der Waals surface area (Å²) in [5.74, 6) is -0.106. The fourth-order valence-corrected chi connectivity index (χ4v) is 2.35. The summed E-state index contributed by atoms with van der Waals surface area (Å²) >= 11 is 0. The molecule has 0 aromatic rings. The standard InChI is InChI=1S/C15H26N2O2/c1-9(2)7-10-11(15(10,5)6)12(18)17-8-14(3,4)13(16)19/h7,10-11H,8H2,1-6H3,(H2,16,19)(H,17,18)/t10-,11-/m1/s1. The van der Waals surface area contributed by atoms with Crippen LogP contribution in [-0.2, 0) is 9.59 Å². The van der Waals surface area contributed by atoms with Crippen LogP contribution < -0.4 is 11.1 Å². The molecule has 1 saturated carbocycles. The van der Waals surface area contributed by atoms with E-state index in [1.807, 2.05) is 13.8 Å². The predicted octanol–water partition coefficient (Wildman–Crippen LogP) is 1.85.